The highest BCUT2D eigenvalue weighted by atomic mass is 35.5. The Balaban J connectivity index is 2.58. The molecule has 1 amide bonds. The van der Waals surface area contributed by atoms with Crippen LogP contribution in [0.3, 0.4) is 0 Å². The molecule has 0 aliphatic carbocycles. The minimum Gasteiger partial charge on any atom is -0.360 e. The van der Waals surface area contributed by atoms with Crippen molar-refractivity contribution in [1.29, 1.82) is 0 Å². The third kappa shape index (κ3) is 4.71. The molecule has 1 aromatic rings. The fourth-order valence-electron chi connectivity index (χ4n) is 1.17. The molecular weight excluding hydrogens is 256 g/mol. The van der Waals surface area contributed by atoms with Gasteiger partial charge in [-0.15, -0.1) is 0 Å². The minimum absolute atomic E-state index is 0.238. The van der Waals surface area contributed by atoms with E-state index in [-0.39, 0.29) is 11.9 Å². The fraction of sp³-hybridized carbons (Fsp3) is 0.333. The summed E-state index contributed by atoms with van der Waals surface area (Å²) in [5, 5.41) is 6.49. The standard InChI is InChI=1S/C12H15ClN2OS/c1-3-8(2)14-12(17)15-11(16)9-5-4-6-10(13)7-9/h4-8H,3H2,1-2H3,(H2,14,15,16,17). The lowest BCUT2D eigenvalue weighted by Gasteiger charge is -2.14. The van der Waals surface area contributed by atoms with Crippen LogP contribution in [-0.2, 0) is 0 Å². The number of rotatable bonds is 3. The second-order valence-electron chi connectivity index (χ2n) is 3.75. The van der Waals surface area contributed by atoms with Crippen molar-refractivity contribution in [3.8, 4) is 0 Å². The lowest BCUT2D eigenvalue weighted by Crippen LogP contribution is -2.43. The summed E-state index contributed by atoms with van der Waals surface area (Å²) in [6.45, 7) is 4.04. The summed E-state index contributed by atoms with van der Waals surface area (Å²) in [5.74, 6) is -0.256. The Morgan fingerprint density at radius 3 is 2.82 bits per heavy atom. The highest BCUT2D eigenvalue weighted by Crippen LogP contribution is 2.10. The van der Waals surface area contributed by atoms with Gasteiger partial charge in [0, 0.05) is 16.6 Å². The zero-order valence-electron chi connectivity index (χ0n) is 9.79. The lowest BCUT2D eigenvalue weighted by molar-refractivity contribution is 0.0976. The van der Waals surface area contributed by atoms with Crippen LogP contribution in [0, 0.1) is 0 Å². The highest BCUT2D eigenvalue weighted by molar-refractivity contribution is 7.80. The maximum absolute atomic E-state index is 11.8. The molecule has 2 N–H and O–H groups in total. The van der Waals surface area contributed by atoms with Gasteiger partial charge in [-0.1, -0.05) is 24.6 Å². The predicted octanol–water partition coefficient (Wildman–Crippen LogP) is 2.74. The number of nitrogens with one attached hydrogen (secondary N) is 2. The van der Waals surface area contributed by atoms with E-state index in [4.69, 9.17) is 23.8 Å². The molecule has 0 fully saturated rings. The molecule has 0 saturated heterocycles. The van der Waals surface area contributed by atoms with Crippen LogP contribution in [0.15, 0.2) is 24.3 Å². The van der Waals surface area contributed by atoms with E-state index in [2.05, 4.69) is 10.6 Å². The Morgan fingerprint density at radius 2 is 2.24 bits per heavy atom. The Hall–Kier alpha value is -1.13. The third-order valence-corrected chi connectivity index (χ3v) is 2.76. The molecule has 0 radical (unpaired) electrons. The van der Waals surface area contributed by atoms with E-state index in [1.165, 1.54) is 0 Å². The van der Waals surface area contributed by atoms with E-state index in [0.717, 1.165) is 6.42 Å². The van der Waals surface area contributed by atoms with Gasteiger partial charge in [0.15, 0.2) is 5.11 Å². The molecule has 1 aromatic carbocycles. The van der Waals surface area contributed by atoms with Gasteiger partial charge in [-0.3, -0.25) is 10.1 Å². The highest BCUT2D eigenvalue weighted by Gasteiger charge is 2.09. The first-order chi connectivity index (χ1) is 8.02. The van der Waals surface area contributed by atoms with Crippen LogP contribution in [0.25, 0.3) is 0 Å². The van der Waals surface area contributed by atoms with E-state index in [0.29, 0.717) is 15.7 Å². The molecule has 1 unspecified atom stereocenters. The van der Waals surface area contributed by atoms with Crippen LogP contribution in [-0.4, -0.2) is 17.1 Å². The van der Waals surface area contributed by atoms with Crippen LogP contribution >= 0.6 is 23.8 Å². The van der Waals surface area contributed by atoms with Gasteiger partial charge in [-0.2, -0.15) is 0 Å². The number of amides is 1. The van der Waals surface area contributed by atoms with Gasteiger partial charge in [0.1, 0.15) is 0 Å². The zero-order valence-corrected chi connectivity index (χ0v) is 11.4. The maximum Gasteiger partial charge on any atom is 0.257 e. The van der Waals surface area contributed by atoms with Gasteiger partial charge >= 0.3 is 0 Å². The average Bonchev–Trinajstić information content (AvgIpc) is 2.28. The van der Waals surface area contributed by atoms with Crippen molar-refractivity contribution in [2.24, 2.45) is 0 Å². The number of thiocarbonyl (C=S) groups is 1. The molecule has 0 spiro atoms. The van der Waals surface area contributed by atoms with Crippen LogP contribution in [0.4, 0.5) is 0 Å². The Morgan fingerprint density at radius 1 is 1.53 bits per heavy atom. The van der Waals surface area contributed by atoms with E-state index >= 15 is 0 Å². The number of hydrogen-bond donors (Lipinski definition) is 2. The molecule has 92 valence electrons. The van der Waals surface area contributed by atoms with Crippen LogP contribution in [0.5, 0.6) is 0 Å². The first-order valence-corrected chi connectivity index (χ1v) is 6.19. The average molecular weight is 271 g/mol. The minimum atomic E-state index is -0.256. The van der Waals surface area contributed by atoms with Crippen molar-refractivity contribution in [3.05, 3.63) is 34.9 Å². The van der Waals surface area contributed by atoms with Crippen molar-refractivity contribution >= 4 is 34.8 Å². The SMILES string of the molecule is CCC(C)NC(=S)NC(=O)c1cccc(Cl)c1. The second-order valence-corrected chi connectivity index (χ2v) is 4.59. The molecule has 0 aromatic heterocycles. The van der Waals surface area contributed by atoms with Gasteiger partial charge in [0.25, 0.3) is 5.91 Å². The quantitative estimate of drug-likeness (QED) is 0.830. The number of hydrogen-bond acceptors (Lipinski definition) is 2. The summed E-state index contributed by atoms with van der Waals surface area (Å²) >= 11 is 10.8. The largest absolute Gasteiger partial charge is 0.360 e. The summed E-state index contributed by atoms with van der Waals surface area (Å²) in [6.07, 6.45) is 0.938. The van der Waals surface area contributed by atoms with Gasteiger partial charge < -0.3 is 5.32 Å². The summed E-state index contributed by atoms with van der Waals surface area (Å²) in [6, 6.07) is 6.97. The van der Waals surface area contributed by atoms with E-state index in [1.54, 1.807) is 24.3 Å². The Bertz CT molecular complexity index is 423. The summed E-state index contributed by atoms with van der Waals surface area (Å²) < 4.78 is 0. The van der Waals surface area contributed by atoms with Crippen molar-refractivity contribution in [2.45, 2.75) is 26.3 Å². The van der Waals surface area contributed by atoms with Crippen molar-refractivity contribution < 1.29 is 4.79 Å². The molecule has 0 heterocycles. The second kappa shape index (κ2) is 6.57. The molecular formula is C12H15ClN2OS. The van der Waals surface area contributed by atoms with Gasteiger partial charge in [0.2, 0.25) is 0 Å². The monoisotopic (exact) mass is 270 g/mol. The molecule has 3 nitrogen and oxygen atoms in total. The van der Waals surface area contributed by atoms with E-state index in [9.17, 15) is 4.79 Å². The molecule has 0 saturated carbocycles. The van der Waals surface area contributed by atoms with Gasteiger partial charge in [-0.25, -0.2) is 0 Å². The molecule has 17 heavy (non-hydrogen) atoms. The number of carbonyl (C=O) groups excluding carboxylic acids is 1. The predicted molar refractivity (Wildman–Crippen MR) is 74.4 cm³/mol. The van der Waals surface area contributed by atoms with Crippen molar-refractivity contribution in [3.63, 3.8) is 0 Å². The number of benzene rings is 1. The molecule has 0 aliphatic rings. The van der Waals surface area contributed by atoms with Crippen molar-refractivity contribution in [1.82, 2.24) is 10.6 Å². The normalized spacial score (nSPS) is 11.7. The lowest BCUT2D eigenvalue weighted by atomic mass is 10.2. The van der Waals surface area contributed by atoms with E-state index in [1.807, 2.05) is 13.8 Å². The molecule has 1 atom stereocenters. The van der Waals surface area contributed by atoms with Gasteiger partial charge in [-0.05, 0) is 43.8 Å². The van der Waals surface area contributed by atoms with Gasteiger partial charge in [0.05, 0.1) is 0 Å². The van der Waals surface area contributed by atoms with Crippen molar-refractivity contribution in [2.75, 3.05) is 0 Å². The Labute approximate surface area is 112 Å². The molecule has 1 rings (SSSR count). The van der Waals surface area contributed by atoms with Crippen LogP contribution in [0.2, 0.25) is 5.02 Å². The molecule has 0 aliphatic heterocycles. The Kier molecular flexibility index (Phi) is 5.38. The maximum atomic E-state index is 11.8. The van der Waals surface area contributed by atoms with Crippen LogP contribution < -0.4 is 10.6 Å². The zero-order chi connectivity index (χ0) is 12.8. The summed E-state index contributed by atoms with van der Waals surface area (Å²) in [5.41, 5.74) is 0.491. The topological polar surface area (TPSA) is 41.1 Å². The summed E-state index contributed by atoms with van der Waals surface area (Å²) in [4.78, 5) is 11.8. The van der Waals surface area contributed by atoms with Crippen LogP contribution in [0.1, 0.15) is 30.6 Å². The summed E-state index contributed by atoms with van der Waals surface area (Å²) in [7, 11) is 0. The fourth-order valence-corrected chi connectivity index (χ4v) is 1.65. The number of halogens is 1. The van der Waals surface area contributed by atoms with E-state index < -0.39 is 0 Å². The first-order valence-electron chi connectivity index (χ1n) is 5.40. The number of carbonyl (C=O) groups is 1. The third-order valence-electron chi connectivity index (χ3n) is 2.30. The molecule has 5 heteroatoms. The first kappa shape index (κ1) is 13.9. The smallest absolute Gasteiger partial charge is 0.257 e. The molecule has 0 bridgehead atoms.